The van der Waals surface area contributed by atoms with Crippen LogP contribution in [0.25, 0.3) is 0 Å². The number of hydrogen-bond donors (Lipinski definition) is 2. The van der Waals surface area contributed by atoms with Crippen molar-refractivity contribution in [2.75, 3.05) is 11.9 Å². The van der Waals surface area contributed by atoms with E-state index in [0.29, 0.717) is 5.13 Å². The van der Waals surface area contributed by atoms with Crippen molar-refractivity contribution >= 4 is 22.4 Å². The molecule has 1 atom stereocenters. The van der Waals surface area contributed by atoms with Gasteiger partial charge in [-0.3, -0.25) is 10.1 Å². The fraction of sp³-hybridized carbons (Fsp3) is 0.357. The van der Waals surface area contributed by atoms with E-state index in [0.717, 1.165) is 5.56 Å². The highest BCUT2D eigenvalue weighted by molar-refractivity contribution is 7.13. The van der Waals surface area contributed by atoms with E-state index in [9.17, 15) is 9.18 Å². The van der Waals surface area contributed by atoms with Gasteiger partial charge in [-0.25, -0.2) is 4.39 Å². The van der Waals surface area contributed by atoms with E-state index >= 15 is 0 Å². The molecule has 1 unspecified atom stereocenters. The predicted molar refractivity (Wildman–Crippen MR) is 80.5 cm³/mol. The topological polar surface area (TPSA) is 66.9 Å². The van der Waals surface area contributed by atoms with Gasteiger partial charge >= 0.3 is 0 Å². The molecule has 0 saturated heterocycles. The van der Waals surface area contributed by atoms with Crippen LogP contribution in [0.5, 0.6) is 0 Å². The summed E-state index contributed by atoms with van der Waals surface area (Å²) in [4.78, 5) is 11.8. The molecule has 0 radical (unpaired) electrons. The molecule has 7 heteroatoms. The summed E-state index contributed by atoms with van der Waals surface area (Å²) >= 11 is 1.27. The Labute approximate surface area is 126 Å². The summed E-state index contributed by atoms with van der Waals surface area (Å²) in [6.45, 7) is 4.24. The van der Waals surface area contributed by atoms with E-state index in [-0.39, 0.29) is 30.2 Å². The van der Waals surface area contributed by atoms with E-state index in [2.05, 4.69) is 20.8 Å². The standard InChI is InChI=1S/C14H17FN4OS/c1-9(2)13(10-3-5-11(15)6-4-10)16-7-12(20)18-14-19-17-8-21-14/h3-6,8-9,13,16H,7H2,1-2H3,(H,18,19,20). The molecule has 0 bridgehead atoms. The second kappa shape index (κ2) is 7.24. The van der Waals surface area contributed by atoms with Gasteiger partial charge in [0.2, 0.25) is 11.0 Å². The number of carbonyl (C=O) groups is 1. The lowest BCUT2D eigenvalue weighted by Crippen LogP contribution is -2.33. The average Bonchev–Trinajstić information content (AvgIpc) is 2.93. The molecule has 5 nitrogen and oxygen atoms in total. The van der Waals surface area contributed by atoms with Crippen LogP contribution in [0, 0.1) is 11.7 Å². The molecule has 0 aliphatic rings. The molecule has 0 aliphatic heterocycles. The first-order valence-corrected chi connectivity index (χ1v) is 7.49. The zero-order valence-electron chi connectivity index (χ0n) is 11.8. The minimum Gasteiger partial charge on any atom is -0.301 e. The number of anilines is 1. The molecule has 1 aromatic heterocycles. The molecule has 0 aliphatic carbocycles. The monoisotopic (exact) mass is 308 g/mol. The molecule has 2 aromatic rings. The minimum atomic E-state index is -0.268. The number of rotatable bonds is 6. The lowest BCUT2D eigenvalue weighted by molar-refractivity contribution is -0.115. The van der Waals surface area contributed by atoms with Gasteiger partial charge < -0.3 is 5.32 Å². The number of benzene rings is 1. The maximum Gasteiger partial charge on any atom is 0.240 e. The quantitative estimate of drug-likeness (QED) is 0.861. The van der Waals surface area contributed by atoms with Crippen LogP contribution < -0.4 is 10.6 Å². The molecule has 1 amide bonds. The first-order chi connectivity index (χ1) is 10.1. The largest absolute Gasteiger partial charge is 0.301 e. The van der Waals surface area contributed by atoms with E-state index in [1.54, 1.807) is 17.6 Å². The average molecular weight is 308 g/mol. The number of amides is 1. The Morgan fingerprint density at radius 1 is 1.33 bits per heavy atom. The van der Waals surface area contributed by atoms with Gasteiger partial charge in [0.15, 0.2) is 0 Å². The maximum atomic E-state index is 13.0. The van der Waals surface area contributed by atoms with Crippen LogP contribution in [0.4, 0.5) is 9.52 Å². The van der Waals surface area contributed by atoms with Crippen LogP contribution in [0.15, 0.2) is 29.8 Å². The van der Waals surface area contributed by atoms with Gasteiger partial charge in [-0.15, -0.1) is 10.2 Å². The third-order valence-corrected chi connectivity index (χ3v) is 3.59. The summed E-state index contributed by atoms with van der Waals surface area (Å²) in [7, 11) is 0. The first-order valence-electron chi connectivity index (χ1n) is 6.61. The van der Waals surface area contributed by atoms with Crippen molar-refractivity contribution in [1.82, 2.24) is 15.5 Å². The van der Waals surface area contributed by atoms with Crippen LogP contribution in [-0.2, 0) is 4.79 Å². The summed E-state index contributed by atoms with van der Waals surface area (Å²) in [5.41, 5.74) is 2.51. The van der Waals surface area contributed by atoms with Crippen LogP contribution in [0.2, 0.25) is 0 Å². The predicted octanol–water partition coefficient (Wildman–Crippen LogP) is 2.60. The summed E-state index contributed by atoms with van der Waals surface area (Å²) in [6, 6.07) is 6.29. The lowest BCUT2D eigenvalue weighted by atomic mass is 9.96. The SMILES string of the molecule is CC(C)C(NCC(=O)Nc1nncs1)c1ccc(F)cc1. The number of nitrogens with one attached hydrogen (secondary N) is 2. The smallest absolute Gasteiger partial charge is 0.240 e. The molecule has 1 aromatic carbocycles. The van der Waals surface area contributed by atoms with E-state index in [4.69, 9.17) is 0 Å². The Hall–Kier alpha value is -1.86. The highest BCUT2D eigenvalue weighted by Crippen LogP contribution is 2.21. The molecule has 112 valence electrons. The van der Waals surface area contributed by atoms with Gasteiger partial charge in [-0.2, -0.15) is 0 Å². The summed E-state index contributed by atoms with van der Waals surface area (Å²) in [6.07, 6.45) is 0. The molecule has 0 fully saturated rings. The van der Waals surface area contributed by atoms with Gasteiger partial charge in [-0.1, -0.05) is 37.3 Å². The van der Waals surface area contributed by atoms with Crippen molar-refractivity contribution in [2.24, 2.45) is 5.92 Å². The number of halogens is 1. The highest BCUT2D eigenvalue weighted by atomic mass is 32.1. The Bertz CT molecular complexity index is 571. The van der Waals surface area contributed by atoms with Gasteiger partial charge in [0.25, 0.3) is 0 Å². The highest BCUT2D eigenvalue weighted by Gasteiger charge is 2.17. The van der Waals surface area contributed by atoms with E-state index in [1.807, 2.05) is 13.8 Å². The fourth-order valence-electron chi connectivity index (χ4n) is 2.00. The van der Waals surface area contributed by atoms with Crippen LogP contribution in [0.1, 0.15) is 25.5 Å². The Kier molecular flexibility index (Phi) is 5.35. The van der Waals surface area contributed by atoms with Crippen molar-refractivity contribution < 1.29 is 9.18 Å². The van der Waals surface area contributed by atoms with Crippen molar-refractivity contribution in [1.29, 1.82) is 0 Å². The second-order valence-electron chi connectivity index (χ2n) is 4.95. The number of hydrogen-bond acceptors (Lipinski definition) is 5. The van der Waals surface area contributed by atoms with Crippen LogP contribution in [-0.4, -0.2) is 22.6 Å². The van der Waals surface area contributed by atoms with Crippen molar-refractivity contribution in [2.45, 2.75) is 19.9 Å². The second-order valence-corrected chi connectivity index (χ2v) is 5.78. The van der Waals surface area contributed by atoms with Crippen molar-refractivity contribution in [3.05, 3.63) is 41.2 Å². The molecule has 0 spiro atoms. The van der Waals surface area contributed by atoms with Crippen molar-refractivity contribution in [3.63, 3.8) is 0 Å². The minimum absolute atomic E-state index is 0.0224. The molecule has 21 heavy (non-hydrogen) atoms. The van der Waals surface area contributed by atoms with E-state index < -0.39 is 0 Å². The molecule has 2 N–H and O–H groups in total. The van der Waals surface area contributed by atoms with E-state index in [1.165, 1.54) is 23.5 Å². The maximum absolute atomic E-state index is 13.0. The molecule has 0 saturated carbocycles. The van der Waals surface area contributed by atoms with Gasteiger partial charge in [0, 0.05) is 6.04 Å². The third-order valence-electron chi connectivity index (χ3n) is 2.98. The Morgan fingerprint density at radius 3 is 2.62 bits per heavy atom. The normalized spacial score (nSPS) is 12.4. The van der Waals surface area contributed by atoms with Gasteiger partial charge in [0.1, 0.15) is 11.3 Å². The lowest BCUT2D eigenvalue weighted by Gasteiger charge is -2.22. The molecular weight excluding hydrogens is 291 g/mol. The summed E-state index contributed by atoms with van der Waals surface area (Å²) in [5.74, 6) is -0.181. The Morgan fingerprint density at radius 2 is 2.05 bits per heavy atom. The fourth-order valence-corrected chi connectivity index (χ4v) is 2.46. The van der Waals surface area contributed by atoms with Gasteiger partial charge in [-0.05, 0) is 23.6 Å². The van der Waals surface area contributed by atoms with Gasteiger partial charge in [0.05, 0.1) is 6.54 Å². The molecule has 2 rings (SSSR count). The zero-order valence-corrected chi connectivity index (χ0v) is 12.7. The summed E-state index contributed by atoms with van der Waals surface area (Å²) < 4.78 is 13.0. The molecule has 1 heterocycles. The Balaban J connectivity index is 1.94. The number of nitrogens with zero attached hydrogens (tertiary/aromatic N) is 2. The molecular formula is C14H17FN4OS. The first kappa shape index (κ1) is 15.5. The summed E-state index contributed by atoms with van der Waals surface area (Å²) in [5, 5.41) is 13.7. The third kappa shape index (κ3) is 4.57. The number of carbonyl (C=O) groups excluding carboxylic acids is 1. The van der Waals surface area contributed by atoms with Crippen LogP contribution >= 0.6 is 11.3 Å². The van der Waals surface area contributed by atoms with Crippen molar-refractivity contribution in [3.8, 4) is 0 Å². The van der Waals surface area contributed by atoms with Crippen LogP contribution in [0.3, 0.4) is 0 Å². The number of aromatic nitrogens is 2. The zero-order chi connectivity index (χ0) is 15.2.